The average molecular weight is 330 g/mol. The molecule has 5 nitrogen and oxygen atoms in total. The monoisotopic (exact) mass is 330 g/mol. The Morgan fingerprint density at radius 1 is 1.35 bits per heavy atom. The molecule has 0 radical (unpaired) electrons. The molecule has 0 saturated carbocycles. The lowest BCUT2D eigenvalue weighted by Crippen LogP contribution is -2.32. The van der Waals surface area contributed by atoms with Crippen LogP contribution in [0, 0.1) is 5.92 Å². The summed E-state index contributed by atoms with van der Waals surface area (Å²) in [6.07, 6.45) is 4.07. The number of carbonyl (C=O) groups excluding carboxylic acids is 1. The van der Waals surface area contributed by atoms with Crippen molar-refractivity contribution in [2.45, 2.75) is 32.9 Å². The van der Waals surface area contributed by atoms with Crippen molar-refractivity contribution >= 4 is 17.4 Å². The van der Waals surface area contributed by atoms with Gasteiger partial charge in [-0.1, -0.05) is 35.7 Å². The fourth-order valence-electron chi connectivity index (χ4n) is 2.85. The second kappa shape index (κ2) is 7.66. The highest BCUT2D eigenvalue weighted by Gasteiger charge is 2.15. The first kappa shape index (κ1) is 16.1. The summed E-state index contributed by atoms with van der Waals surface area (Å²) < 4.78 is 3.71. The quantitative estimate of drug-likeness (QED) is 0.916. The maximum atomic E-state index is 11.9. The molecule has 23 heavy (non-hydrogen) atoms. The van der Waals surface area contributed by atoms with Crippen LogP contribution in [0.4, 0.5) is 0 Å². The summed E-state index contributed by atoms with van der Waals surface area (Å²) in [7, 11) is 0. The van der Waals surface area contributed by atoms with E-state index < -0.39 is 0 Å². The van der Waals surface area contributed by atoms with Crippen LogP contribution in [0.1, 0.15) is 40.6 Å². The van der Waals surface area contributed by atoms with Crippen LogP contribution in [0.15, 0.2) is 30.5 Å². The Kier molecular flexibility index (Phi) is 5.35. The molecule has 2 heterocycles. The van der Waals surface area contributed by atoms with E-state index in [4.69, 9.17) is 0 Å². The van der Waals surface area contributed by atoms with Crippen molar-refractivity contribution in [3.05, 3.63) is 46.5 Å². The first-order valence-corrected chi connectivity index (χ1v) is 8.84. The highest BCUT2D eigenvalue weighted by atomic mass is 32.1. The topological polar surface area (TPSA) is 58.1 Å². The summed E-state index contributed by atoms with van der Waals surface area (Å²) >= 11 is 1.11. The van der Waals surface area contributed by atoms with Crippen LogP contribution in [0.3, 0.4) is 0 Å². The van der Waals surface area contributed by atoms with Crippen LogP contribution in [0.5, 0.6) is 0 Å². The second-order valence-electron chi connectivity index (χ2n) is 6.24. The molecule has 1 aliphatic rings. The summed E-state index contributed by atoms with van der Waals surface area (Å²) in [5.74, 6) is 0.740. The molecule has 0 atom stereocenters. The molecule has 122 valence electrons. The number of piperidine rings is 1. The Bertz CT molecular complexity index is 636. The fraction of sp³-hybridized carbons (Fsp3) is 0.471. The normalized spacial score (nSPS) is 16.4. The Morgan fingerprint density at radius 2 is 2.13 bits per heavy atom. The van der Waals surface area contributed by atoms with Crippen molar-refractivity contribution in [3.8, 4) is 0 Å². The van der Waals surface area contributed by atoms with E-state index in [1.54, 1.807) is 0 Å². The van der Waals surface area contributed by atoms with Gasteiger partial charge in [-0.25, -0.2) is 0 Å². The van der Waals surface area contributed by atoms with Gasteiger partial charge in [-0.05, 0) is 54.5 Å². The highest BCUT2D eigenvalue weighted by Crippen LogP contribution is 2.18. The standard InChI is InChI=1S/C17H22N4OS/c1-13-5-7-21(8-6-13)12-15-4-2-3-14(9-15)10-18-17(22)16-11-19-20-23-16/h2-4,9,11,13H,5-8,10,12H2,1H3,(H,18,22). The fourth-order valence-corrected chi connectivity index (χ4v) is 3.28. The van der Waals surface area contributed by atoms with E-state index in [9.17, 15) is 4.79 Å². The third-order valence-electron chi connectivity index (χ3n) is 4.31. The lowest BCUT2D eigenvalue weighted by molar-refractivity contribution is 0.0954. The summed E-state index contributed by atoms with van der Waals surface area (Å²) in [6, 6.07) is 8.46. The number of benzene rings is 1. The predicted molar refractivity (Wildman–Crippen MR) is 91.2 cm³/mol. The van der Waals surface area contributed by atoms with E-state index in [0.29, 0.717) is 11.4 Å². The maximum absolute atomic E-state index is 11.9. The average Bonchev–Trinajstić information content (AvgIpc) is 3.10. The minimum Gasteiger partial charge on any atom is -0.347 e. The zero-order valence-electron chi connectivity index (χ0n) is 13.4. The third-order valence-corrected chi connectivity index (χ3v) is 4.98. The second-order valence-corrected chi connectivity index (χ2v) is 7.03. The number of nitrogens with one attached hydrogen (secondary N) is 1. The first-order chi connectivity index (χ1) is 11.2. The zero-order chi connectivity index (χ0) is 16.1. The molecule has 1 amide bonds. The number of aromatic nitrogens is 2. The molecule has 3 rings (SSSR count). The van der Waals surface area contributed by atoms with Crippen LogP contribution in [-0.4, -0.2) is 33.5 Å². The molecule has 0 unspecified atom stereocenters. The Labute approximate surface area is 140 Å². The van der Waals surface area contributed by atoms with Gasteiger partial charge < -0.3 is 5.32 Å². The van der Waals surface area contributed by atoms with Gasteiger partial charge in [0, 0.05) is 13.1 Å². The maximum Gasteiger partial charge on any atom is 0.264 e. The van der Waals surface area contributed by atoms with Crippen LogP contribution in [0.2, 0.25) is 0 Å². The molecule has 1 N–H and O–H groups in total. The van der Waals surface area contributed by atoms with E-state index in [0.717, 1.165) is 29.6 Å². The van der Waals surface area contributed by atoms with Crippen molar-refractivity contribution in [2.75, 3.05) is 13.1 Å². The van der Waals surface area contributed by atoms with Crippen molar-refractivity contribution in [2.24, 2.45) is 5.92 Å². The minimum absolute atomic E-state index is 0.115. The van der Waals surface area contributed by atoms with Crippen LogP contribution >= 0.6 is 11.5 Å². The van der Waals surface area contributed by atoms with Gasteiger partial charge in [0.1, 0.15) is 4.88 Å². The molecule has 0 bridgehead atoms. The Morgan fingerprint density at radius 3 is 2.87 bits per heavy atom. The van der Waals surface area contributed by atoms with Gasteiger partial charge in [-0.3, -0.25) is 9.69 Å². The summed E-state index contributed by atoms with van der Waals surface area (Å²) in [6.45, 7) is 6.22. The zero-order valence-corrected chi connectivity index (χ0v) is 14.2. The number of hydrogen-bond acceptors (Lipinski definition) is 5. The number of amides is 1. The van der Waals surface area contributed by atoms with Gasteiger partial charge in [0.25, 0.3) is 5.91 Å². The van der Waals surface area contributed by atoms with Gasteiger partial charge in [0.05, 0.1) is 6.20 Å². The van der Waals surface area contributed by atoms with Crippen LogP contribution in [-0.2, 0) is 13.1 Å². The van der Waals surface area contributed by atoms with Gasteiger partial charge in [0.15, 0.2) is 0 Å². The molecule has 1 saturated heterocycles. The van der Waals surface area contributed by atoms with Crippen molar-refractivity contribution in [1.29, 1.82) is 0 Å². The molecule has 2 aromatic rings. The molecule has 1 aliphatic heterocycles. The molecule has 1 aromatic carbocycles. The van der Waals surface area contributed by atoms with Gasteiger partial charge in [-0.15, -0.1) is 5.10 Å². The number of hydrogen-bond donors (Lipinski definition) is 1. The molecule has 1 fully saturated rings. The smallest absolute Gasteiger partial charge is 0.264 e. The highest BCUT2D eigenvalue weighted by molar-refractivity contribution is 7.07. The van der Waals surface area contributed by atoms with Crippen LogP contribution < -0.4 is 5.32 Å². The van der Waals surface area contributed by atoms with Crippen molar-refractivity contribution in [3.63, 3.8) is 0 Å². The molecular weight excluding hydrogens is 308 g/mol. The molecule has 6 heteroatoms. The SMILES string of the molecule is CC1CCN(Cc2cccc(CNC(=O)c3cnns3)c2)CC1. The number of rotatable bonds is 5. The van der Waals surface area contributed by atoms with E-state index in [1.807, 2.05) is 6.07 Å². The van der Waals surface area contributed by atoms with Crippen LogP contribution in [0.25, 0.3) is 0 Å². The van der Waals surface area contributed by atoms with Gasteiger partial charge in [0.2, 0.25) is 0 Å². The van der Waals surface area contributed by atoms with E-state index in [2.05, 4.69) is 44.9 Å². The number of nitrogens with zero attached hydrogens (tertiary/aromatic N) is 3. The van der Waals surface area contributed by atoms with E-state index in [1.165, 1.54) is 37.7 Å². The molecular formula is C17H22N4OS. The summed E-state index contributed by atoms with van der Waals surface area (Å²) in [5.41, 5.74) is 2.43. The van der Waals surface area contributed by atoms with E-state index >= 15 is 0 Å². The largest absolute Gasteiger partial charge is 0.347 e. The minimum atomic E-state index is -0.115. The number of likely N-dealkylation sites (tertiary alicyclic amines) is 1. The van der Waals surface area contributed by atoms with Crippen molar-refractivity contribution in [1.82, 2.24) is 19.8 Å². The lowest BCUT2D eigenvalue weighted by Gasteiger charge is -2.30. The predicted octanol–water partition coefficient (Wildman–Crippen LogP) is 2.70. The third kappa shape index (κ3) is 4.59. The Balaban J connectivity index is 1.54. The van der Waals surface area contributed by atoms with Crippen molar-refractivity contribution < 1.29 is 4.79 Å². The Hall–Kier alpha value is -1.79. The summed E-state index contributed by atoms with van der Waals surface area (Å²) in [5, 5.41) is 6.60. The lowest BCUT2D eigenvalue weighted by atomic mass is 9.98. The molecule has 0 spiro atoms. The number of carbonyl (C=O) groups is 1. The van der Waals surface area contributed by atoms with E-state index in [-0.39, 0.29) is 5.91 Å². The molecule has 1 aromatic heterocycles. The molecule has 0 aliphatic carbocycles. The first-order valence-electron chi connectivity index (χ1n) is 8.06. The summed E-state index contributed by atoms with van der Waals surface area (Å²) in [4.78, 5) is 15.0. The van der Waals surface area contributed by atoms with Gasteiger partial charge in [-0.2, -0.15) is 0 Å². The van der Waals surface area contributed by atoms with Gasteiger partial charge >= 0.3 is 0 Å².